The minimum absolute atomic E-state index is 0.119. The number of carbonyl (C=O) groups is 2. The average Bonchev–Trinajstić information content (AvgIpc) is 3.28. The first-order chi connectivity index (χ1) is 12.0. The lowest BCUT2D eigenvalue weighted by molar-refractivity contribution is -0.385. The van der Waals surface area contributed by atoms with Crippen molar-refractivity contribution >= 4 is 23.7 Å². The summed E-state index contributed by atoms with van der Waals surface area (Å²) < 4.78 is 4.94. The van der Waals surface area contributed by atoms with Gasteiger partial charge in [-0.25, -0.2) is 0 Å². The largest absolute Gasteiger partial charge is 0.490 e. The predicted octanol–water partition coefficient (Wildman–Crippen LogP) is 1.74. The molecule has 2 aliphatic carbocycles. The van der Waals surface area contributed by atoms with Gasteiger partial charge in [0.1, 0.15) is 0 Å². The maximum Gasteiger partial charge on any atom is 0.311 e. The summed E-state index contributed by atoms with van der Waals surface area (Å²) in [6.45, 7) is 0. The van der Waals surface area contributed by atoms with Crippen LogP contribution in [0.25, 0.3) is 0 Å². The average molecular weight is 341 g/mol. The normalized spacial score (nSPS) is 29.7. The third kappa shape index (κ3) is 2.25. The number of rotatable bonds is 4. The molecule has 4 atom stereocenters. The zero-order valence-electron chi connectivity index (χ0n) is 13.4. The number of imide groups is 1. The lowest BCUT2D eigenvalue weighted by atomic mass is 9.85. The summed E-state index contributed by atoms with van der Waals surface area (Å²) in [5, 5.41) is 16.0. The molecule has 0 aromatic heterocycles. The lowest BCUT2D eigenvalue weighted by Crippen LogP contribution is -2.28. The molecular weight excluding hydrogens is 326 g/mol. The Bertz CT molecular complexity index is 817. The Hall–Kier alpha value is -3.03. The van der Waals surface area contributed by atoms with E-state index in [9.17, 15) is 19.7 Å². The fourth-order valence-corrected chi connectivity index (χ4v) is 4.05. The quantitative estimate of drug-likeness (QED) is 0.273. The molecule has 1 aromatic rings. The molecule has 8 heteroatoms. The van der Waals surface area contributed by atoms with E-state index in [1.54, 1.807) is 6.07 Å². The van der Waals surface area contributed by atoms with Crippen molar-refractivity contribution in [3.63, 3.8) is 0 Å². The van der Waals surface area contributed by atoms with Crippen molar-refractivity contribution in [2.45, 2.75) is 6.42 Å². The Labute approximate surface area is 142 Å². The number of carbonyl (C=O) groups excluding carboxylic acids is 2. The highest BCUT2D eigenvalue weighted by Crippen LogP contribution is 2.52. The summed E-state index contributed by atoms with van der Waals surface area (Å²) in [6.07, 6.45) is 6.17. The minimum Gasteiger partial charge on any atom is -0.490 e. The zero-order chi connectivity index (χ0) is 17.7. The number of allylic oxidation sites excluding steroid dienone is 2. The second-order valence-electron chi connectivity index (χ2n) is 6.42. The van der Waals surface area contributed by atoms with Gasteiger partial charge in [0.15, 0.2) is 5.75 Å². The predicted molar refractivity (Wildman–Crippen MR) is 86.8 cm³/mol. The van der Waals surface area contributed by atoms with Crippen molar-refractivity contribution in [2.24, 2.45) is 28.8 Å². The topological polar surface area (TPSA) is 102 Å². The maximum atomic E-state index is 12.5. The van der Waals surface area contributed by atoms with E-state index in [0.717, 1.165) is 11.4 Å². The summed E-state index contributed by atoms with van der Waals surface area (Å²) in [5.74, 6) is -0.831. The highest BCUT2D eigenvalue weighted by atomic mass is 16.6. The number of amides is 2. The van der Waals surface area contributed by atoms with Crippen LogP contribution in [0.2, 0.25) is 0 Å². The van der Waals surface area contributed by atoms with Gasteiger partial charge in [-0.2, -0.15) is 10.1 Å². The first-order valence-corrected chi connectivity index (χ1v) is 7.94. The molecule has 0 spiro atoms. The van der Waals surface area contributed by atoms with Crippen molar-refractivity contribution in [3.8, 4) is 5.75 Å². The van der Waals surface area contributed by atoms with Gasteiger partial charge in [0.25, 0.3) is 11.8 Å². The number of hydrogen-bond acceptors (Lipinski definition) is 6. The Balaban J connectivity index is 1.59. The molecule has 2 amide bonds. The van der Waals surface area contributed by atoms with Crippen LogP contribution in [0.15, 0.2) is 35.5 Å². The smallest absolute Gasteiger partial charge is 0.311 e. The van der Waals surface area contributed by atoms with Crippen LogP contribution in [0, 0.1) is 33.8 Å². The molecular formula is C17H15N3O5. The van der Waals surface area contributed by atoms with Gasteiger partial charge in [-0.3, -0.25) is 19.7 Å². The van der Waals surface area contributed by atoms with Crippen LogP contribution < -0.4 is 4.74 Å². The van der Waals surface area contributed by atoms with E-state index in [1.165, 1.54) is 25.5 Å². The summed E-state index contributed by atoms with van der Waals surface area (Å²) in [5.41, 5.74) is 0.205. The molecule has 0 unspecified atom stereocenters. The van der Waals surface area contributed by atoms with Gasteiger partial charge in [-0.15, -0.1) is 0 Å². The van der Waals surface area contributed by atoms with E-state index >= 15 is 0 Å². The molecule has 25 heavy (non-hydrogen) atoms. The summed E-state index contributed by atoms with van der Waals surface area (Å²) >= 11 is 0. The Morgan fingerprint density at radius 2 is 1.88 bits per heavy atom. The van der Waals surface area contributed by atoms with Crippen LogP contribution in [0.1, 0.15) is 12.0 Å². The van der Waals surface area contributed by atoms with Crippen LogP contribution in [-0.4, -0.2) is 35.1 Å². The Kier molecular flexibility index (Phi) is 3.41. The number of nitrogens with zero attached hydrogens (tertiary/aromatic N) is 3. The second kappa shape index (κ2) is 5.51. The molecule has 1 heterocycles. The molecule has 3 aliphatic rings. The van der Waals surface area contributed by atoms with Crippen molar-refractivity contribution in [2.75, 3.05) is 7.11 Å². The first-order valence-electron chi connectivity index (χ1n) is 7.94. The third-order valence-electron chi connectivity index (χ3n) is 5.17. The van der Waals surface area contributed by atoms with Crippen LogP contribution in [-0.2, 0) is 9.59 Å². The monoisotopic (exact) mass is 341 g/mol. The summed E-state index contributed by atoms with van der Waals surface area (Å²) in [6, 6.07) is 4.32. The molecule has 128 valence electrons. The van der Waals surface area contributed by atoms with Crippen LogP contribution in [0.3, 0.4) is 0 Å². The first kappa shape index (κ1) is 15.5. The van der Waals surface area contributed by atoms with E-state index in [2.05, 4.69) is 5.10 Å². The van der Waals surface area contributed by atoms with Gasteiger partial charge < -0.3 is 4.74 Å². The fourth-order valence-electron chi connectivity index (χ4n) is 4.05. The maximum absolute atomic E-state index is 12.5. The van der Waals surface area contributed by atoms with Gasteiger partial charge in [-0.1, -0.05) is 12.2 Å². The molecule has 4 rings (SSSR count). The number of hydrazone groups is 1. The Morgan fingerprint density at radius 3 is 2.44 bits per heavy atom. The zero-order valence-corrected chi connectivity index (χ0v) is 13.4. The van der Waals surface area contributed by atoms with Gasteiger partial charge in [0.05, 0.1) is 30.1 Å². The molecule has 2 fully saturated rings. The van der Waals surface area contributed by atoms with E-state index in [4.69, 9.17) is 4.74 Å². The van der Waals surface area contributed by atoms with Crippen molar-refractivity contribution in [3.05, 3.63) is 46.0 Å². The van der Waals surface area contributed by atoms with Crippen molar-refractivity contribution < 1.29 is 19.2 Å². The molecule has 8 nitrogen and oxygen atoms in total. The summed E-state index contributed by atoms with van der Waals surface area (Å²) in [7, 11) is 1.35. The van der Waals surface area contributed by atoms with E-state index in [1.807, 2.05) is 12.2 Å². The minimum atomic E-state index is -0.559. The van der Waals surface area contributed by atoms with E-state index < -0.39 is 4.92 Å². The van der Waals surface area contributed by atoms with Crippen LogP contribution >= 0.6 is 0 Å². The Morgan fingerprint density at radius 1 is 1.24 bits per heavy atom. The molecule has 2 bridgehead atoms. The number of methoxy groups -OCH3 is 1. The van der Waals surface area contributed by atoms with Gasteiger partial charge >= 0.3 is 5.69 Å². The summed E-state index contributed by atoms with van der Waals surface area (Å²) in [4.78, 5) is 35.5. The van der Waals surface area contributed by atoms with Crippen molar-refractivity contribution in [1.82, 2.24) is 5.01 Å². The van der Waals surface area contributed by atoms with Gasteiger partial charge in [0.2, 0.25) is 0 Å². The highest BCUT2D eigenvalue weighted by Gasteiger charge is 2.59. The molecule has 1 aliphatic heterocycles. The highest BCUT2D eigenvalue weighted by molar-refractivity contribution is 6.06. The number of ether oxygens (including phenoxy) is 1. The standard InChI is InChI=1S/C17H15N3O5/c1-25-13-5-2-9(6-12(13)20(23)24)8-18-19-16(21)14-10-3-4-11(7-10)15(14)17(19)22/h2-6,8,10-11,14-15H,7H2,1H3/b18-8-/t10-,11-,14+,15+/m0/s1. The van der Waals surface area contributed by atoms with Crippen molar-refractivity contribution in [1.29, 1.82) is 0 Å². The SMILES string of the molecule is COc1ccc(/C=N\N2C(=O)[C@H]3[C@H](C2=O)[C@H]2C=C[C@H]3C2)cc1[N+](=O)[O-]. The number of benzene rings is 1. The molecule has 0 N–H and O–H groups in total. The van der Waals surface area contributed by atoms with Crippen LogP contribution in [0.5, 0.6) is 5.75 Å². The fraction of sp³-hybridized carbons (Fsp3) is 0.353. The van der Waals surface area contributed by atoms with Gasteiger partial charge in [0, 0.05) is 11.6 Å². The molecule has 1 saturated heterocycles. The van der Waals surface area contributed by atoms with Crippen LogP contribution in [0.4, 0.5) is 5.69 Å². The molecule has 1 saturated carbocycles. The van der Waals surface area contributed by atoms with E-state index in [-0.39, 0.29) is 46.9 Å². The number of nitro groups is 1. The van der Waals surface area contributed by atoms with E-state index in [0.29, 0.717) is 5.56 Å². The number of hydrogen-bond donors (Lipinski definition) is 0. The third-order valence-corrected chi connectivity index (χ3v) is 5.17. The number of fused-ring (bicyclic) bond motifs is 5. The molecule has 1 aromatic carbocycles. The lowest BCUT2D eigenvalue weighted by Gasteiger charge is -2.13. The van der Waals surface area contributed by atoms with Gasteiger partial charge in [-0.05, 0) is 30.4 Å². The molecule has 0 radical (unpaired) electrons. The number of nitro benzene ring substituents is 1. The second-order valence-corrected chi connectivity index (χ2v) is 6.42.